The molecule has 1 aromatic heterocycles. The molecule has 1 unspecified atom stereocenters. The maximum absolute atomic E-state index is 11.0. The Labute approximate surface area is 169 Å². The van der Waals surface area contributed by atoms with E-state index >= 15 is 0 Å². The van der Waals surface area contributed by atoms with Crippen LogP contribution in [0.25, 0.3) is 10.1 Å². The third-order valence-corrected chi connectivity index (χ3v) is 5.19. The molecule has 25 heavy (non-hydrogen) atoms. The number of aliphatic hydroxyl groups is 1. The minimum atomic E-state index is -3.19. The molecule has 0 radical (unpaired) electrons. The number of aliphatic hydroxyl groups excluding tert-OH is 1. The average Bonchev–Trinajstić information content (AvgIpc) is 2.97. The standard InChI is InChI=1S/C15H22N4O3S2.HI/c1-16-15(17-7-8-19-24(2,21)22)18-10-12(20)14-9-11-5-3-4-6-13(11)23-14;/h3-6,9,12,19-20H,7-8,10H2,1-2H3,(H2,16,17,18);1H. The Kier molecular flexibility index (Phi) is 9.07. The van der Waals surface area contributed by atoms with Gasteiger partial charge in [-0.05, 0) is 17.5 Å². The lowest BCUT2D eigenvalue weighted by molar-refractivity contribution is 0.184. The zero-order chi connectivity index (χ0) is 17.6. The van der Waals surface area contributed by atoms with Crippen molar-refractivity contribution >= 4 is 61.4 Å². The van der Waals surface area contributed by atoms with Crippen LogP contribution in [0.15, 0.2) is 35.3 Å². The first kappa shape index (κ1) is 22.1. The molecular weight excluding hydrogens is 475 g/mol. The zero-order valence-corrected chi connectivity index (χ0v) is 18.0. The molecule has 7 nitrogen and oxygen atoms in total. The van der Waals surface area contributed by atoms with Crippen molar-refractivity contribution in [3.63, 3.8) is 0 Å². The van der Waals surface area contributed by atoms with Gasteiger partial charge in [-0.25, -0.2) is 13.1 Å². The van der Waals surface area contributed by atoms with Gasteiger partial charge >= 0.3 is 0 Å². The number of nitrogens with one attached hydrogen (secondary N) is 3. The predicted molar refractivity (Wildman–Crippen MR) is 114 cm³/mol. The number of nitrogens with zero attached hydrogens (tertiary/aromatic N) is 1. The fraction of sp³-hybridized carbons (Fsp3) is 0.400. The van der Waals surface area contributed by atoms with Crippen LogP contribution in [0.1, 0.15) is 11.0 Å². The molecule has 140 valence electrons. The van der Waals surface area contributed by atoms with Crippen molar-refractivity contribution in [3.8, 4) is 0 Å². The lowest BCUT2D eigenvalue weighted by atomic mass is 10.2. The van der Waals surface area contributed by atoms with E-state index in [2.05, 4.69) is 20.3 Å². The van der Waals surface area contributed by atoms with Gasteiger partial charge < -0.3 is 15.7 Å². The van der Waals surface area contributed by atoms with Crippen LogP contribution in [0.4, 0.5) is 0 Å². The van der Waals surface area contributed by atoms with E-state index in [1.165, 1.54) is 0 Å². The van der Waals surface area contributed by atoms with Gasteiger partial charge in [0.05, 0.1) is 6.26 Å². The second-order valence-corrected chi connectivity index (χ2v) is 8.20. The van der Waals surface area contributed by atoms with Crippen LogP contribution in [0.5, 0.6) is 0 Å². The van der Waals surface area contributed by atoms with Crippen LogP contribution in [0.3, 0.4) is 0 Å². The van der Waals surface area contributed by atoms with Crippen molar-refractivity contribution in [3.05, 3.63) is 35.2 Å². The fourth-order valence-corrected chi connectivity index (χ4v) is 3.62. The number of guanidine groups is 1. The van der Waals surface area contributed by atoms with Crippen molar-refractivity contribution in [2.75, 3.05) is 32.9 Å². The highest BCUT2D eigenvalue weighted by Crippen LogP contribution is 2.29. The molecule has 2 rings (SSSR count). The van der Waals surface area contributed by atoms with E-state index < -0.39 is 16.1 Å². The monoisotopic (exact) mass is 498 g/mol. The summed E-state index contributed by atoms with van der Waals surface area (Å²) in [5.74, 6) is 0.505. The Morgan fingerprint density at radius 3 is 2.64 bits per heavy atom. The first-order valence-corrected chi connectivity index (χ1v) is 10.2. The Bertz CT molecular complexity index is 775. The summed E-state index contributed by atoms with van der Waals surface area (Å²) in [6, 6.07) is 9.98. The molecule has 0 spiro atoms. The van der Waals surface area contributed by atoms with Gasteiger partial charge in [-0.1, -0.05) is 18.2 Å². The molecule has 0 aliphatic rings. The largest absolute Gasteiger partial charge is 0.386 e. The van der Waals surface area contributed by atoms with Crippen LogP contribution in [-0.2, 0) is 10.0 Å². The van der Waals surface area contributed by atoms with Crippen molar-refractivity contribution in [1.29, 1.82) is 0 Å². The second kappa shape index (κ2) is 10.3. The highest BCUT2D eigenvalue weighted by Gasteiger charge is 2.12. The first-order chi connectivity index (χ1) is 11.4. The topological polar surface area (TPSA) is 103 Å². The molecule has 10 heteroatoms. The molecule has 0 saturated carbocycles. The molecule has 0 fully saturated rings. The maximum atomic E-state index is 11.0. The molecule has 0 bridgehead atoms. The summed E-state index contributed by atoms with van der Waals surface area (Å²) < 4.78 is 25.5. The quantitative estimate of drug-likeness (QED) is 0.199. The summed E-state index contributed by atoms with van der Waals surface area (Å²) in [5, 5.41) is 17.4. The zero-order valence-electron chi connectivity index (χ0n) is 14.0. The van der Waals surface area contributed by atoms with E-state index in [1.807, 2.05) is 30.3 Å². The first-order valence-electron chi connectivity index (χ1n) is 7.45. The number of fused-ring (bicyclic) bond motifs is 1. The Morgan fingerprint density at radius 2 is 2.00 bits per heavy atom. The SMILES string of the molecule is CN=C(NCCNS(C)(=O)=O)NCC(O)c1cc2ccccc2s1.I. The summed E-state index contributed by atoms with van der Waals surface area (Å²) in [5.41, 5.74) is 0. The minimum absolute atomic E-state index is 0. The molecule has 1 heterocycles. The Hall–Kier alpha value is -0.950. The molecule has 4 N–H and O–H groups in total. The lowest BCUT2D eigenvalue weighted by Gasteiger charge is -2.14. The summed E-state index contributed by atoms with van der Waals surface area (Å²) in [6.45, 7) is 0.968. The van der Waals surface area contributed by atoms with E-state index in [9.17, 15) is 13.5 Å². The third-order valence-electron chi connectivity index (χ3n) is 3.24. The summed E-state index contributed by atoms with van der Waals surface area (Å²) >= 11 is 1.56. The number of thiophene rings is 1. The van der Waals surface area contributed by atoms with E-state index in [-0.39, 0.29) is 30.5 Å². The number of halogens is 1. The Balaban J connectivity index is 0.00000312. The van der Waals surface area contributed by atoms with Gasteiger partial charge in [0.25, 0.3) is 0 Å². The molecule has 0 aliphatic carbocycles. The van der Waals surface area contributed by atoms with Gasteiger partial charge in [-0.15, -0.1) is 35.3 Å². The van der Waals surface area contributed by atoms with Crippen LogP contribution < -0.4 is 15.4 Å². The van der Waals surface area contributed by atoms with E-state index in [0.29, 0.717) is 19.0 Å². The second-order valence-electron chi connectivity index (χ2n) is 5.25. The van der Waals surface area contributed by atoms with Crippen molar-refractivity contribution < 1.29 is 13.5 Å². The number of rotatable bonds is 7. The molecule has 1 atom stereocenters. The molecule has 0 saturated heterocycles. The number of hydrogen-bond acceptors (Lipinski definition) is 5. The van der Waals surface area contributed by atoms with Gasteiger partial charge in [0, 0.05) is 36.3 Å². The highest BCUT2D eigenvalue weighted by atomic mass is 127. The van der Waals surface area contributed by atoms with Crippen molar-refractivity contribution in [2.24, 2.45) is 4.99 Å². The molecular formula is C15H23IN4O3S2. The minimum Gasteiger partial charge on any atom is -0.386 e. The summed E-state index contributed by atoms with van der Waals surface area (Å²) in [7, 11) is -1.58. The number of hydrogen-bond donors (Lipinski definition) is 4. The third kappa shape index (κ3) is 7.44. The number of aliphatic imine (C=N–C) groups is 1. The fourth-order valence-electron chi connectivity index (χ4n) is 2.10. The van der Waals surface area contributed by atoms with Gasteiger partial charge in [0.15, 0.2) is 5.96 Å². The van der Waals surface area contributed by atoms with E-state index in [1.54, 1.807) is 18.4 Å². The van der Waals surface area contributed by atoms with Gasteiger partial charge in [0.2, 0.25) is 10.0 Å². The highest BCUT2D eigenvalue weighted by molar-refractivity contribution is 14.0. The van der Waals surface area contributed by atoms with Gasteiger partial charge in [0.1, 0.15) is 6.10 Å². The van der Waals surface area contributed by atoms with Crippen LogP contribution in [0.2, 0.25) is 0 Å². The maximum Gasteiger partial charge on any atom is 0.208 e. The van der Waals surface area contributed by atoms with Crippen molar-refractivity contribution in [2.45, 2.75) is 6.10 Å². The lowest BCUT2D eigenvalue weighted by Crippen LogP contribution is -2.42. The molecule has 0 aliphatic heterocycles. The summed E-state index contributed by atoms with van der Waals surface area (Å²) in [4.78, 5) is 4.93. The van der Waals surface area contributed by atoms with Crippen molar-refractivity contribution in [1.82, 2.24) is 15.4 Å². The van der Waals surface area contributed by atoms with Crippen LogP contribution in [0, 0.1) is 0 Å². The Morgan fingerprint density at radius 1 is 1.28 bits per heavy atom. The predicted octanol–water partition coefficient (Wildman–Crippen LogP) is 1.27. The molecule has 1 aromatic carbocycles. The average molecular weight is 498 g/mol. The smallest absolute Gasteiger partial charge is 0.208 e. The van der Waals surface area contributed by atoms with Crippen LogP contribution in [-0.4, -0.2) is 52.4 Å². The normalized spacial score (nSPS) is 13.3. The number of benzene rings is 1. The van der Waals surface area contributed by atoms with Gasteiger partial charge in [-0.2, -0.15) is 0 Å². The van der Waals surface area contributed by atoms with E-state index in [4.69, 9.17) is 0 Å². The summed E-state index contributed by atoms with van der Waals surface area (Å²) in [6.07, 6.45) is 0.469. The number of sulfonamides is 1. The van der Waals surface area contributed by atoms with Gasteiger partial charge in [-0.3, -0.25) is 4.99 Å². The van der Waals surface area contributed by atoms with E-state index in [0.717, 1.165) is 21.2 Å². The van der Waals surface area contributed by atoms with Crippen LogP contribution >= 0.6 is 35.3 Å². The molecule has 0 amide bonds. The molecule has 2 aromatic rings.